The zero-order valence-corrected chi connectivity index (χ0v) is 16.7. The molecule has 1 aliphatic carbocycles. The van der Waals surface area contributed by atoms with Crippen molar-refractivity contribution >= 4 is 23.3 Å². The van der Waals surface area contributed by atoms with Crippen LogP contribution in [0.5, 0.6) is 11.5 Å². The van der Waals surface area contributed by atoms with Crippen LogP contribution in [-0.4, -0.2) is 19.0 Å². The summed E-state index contributed by atoms with van der Waals surface area (Å²) in [4.78, 5) is 22.7. The van der Waals surface area contributed by atoms with Crippen LogP contribution in [0.25, 0.3) is 0 Å². The van der Waals surface area contributed by atoms with Gasteiger partial charge in [0.1, 0.15) is 0 Å². The number of esters is 1. The number of allylic oxidation sites excluding steroid dienone is 2. The highest BCUT2D eigenvalue weighted by atomic mass is 16.6. The fourth-order valence-electron chi connectivity index (χ4n) is 4.32. The van der Waals surface area contributed by atoms with Crippen LogP contribution in [-0.2, 0) is 9.59 Å². The van der Waals surface area contributed by atoms with Gasteiger partial charge in [0, 0.05) is 31.1 Å². The first kappa shape index (κ1) is 19.1. The molecule has 1 aliphatic heterocycles. The maximum Gasteiger partial charge on any atom is 0.308 e. The number of amides is 1. The summed E-state index contributed by atoms with van der Waals surface area (Å²) in [5.74, 6) is 1.11. The molecular formula is C23H24N2O4. The Balaban J connectivity index is 1.68. The Morgan fingerprint density at radius 2 is 1.93 bits per heavy atom. The monoisotopic (exact) mass is 392 g/mol. The van der Waals surface area contributed by atoms with E-state index in [-0.39, 0.29) is 23.8 Å². The highest BCUT2D eigenvalue weighted by molar-refractivity contribution is 5.89. The van der Waals surface area contributed by atoms with Crippen molar-refractivity contribution in [2.75, 3.05) is 17.7 Å². The molecule has 3 atom stereocenters. The van der Waals surface area contributed by atoms with E-state index in [2.05, 4.69) is 28.9 Å². The molecule has 1 amide bonds. The molecule has 3 unspecified atom stereocenters. The lowest BCUT2D eigenvalue weighted by atomic mass is 9.77. The van der Waals surface area contributed by atoms with Crippen molar-refractivity contribution in [3.63, 3.8) is 0 Å². The van der Waals surface area contributed by atoms with Gasteiger partial charge >= 0.3 is 5.97 Å². The minimum absolute atomic E-state index is 0.0786. The molecule has 0 spiro atoms. The standard InChI is InChI=1S/C23H24N2O4/c1-13(26)24-16-8-9-20-19(12-16)17-5-4-6-18(17)23(25-20)15-7-10-21(29-14(2)27)22(11-15)28-3/h4-5,7-12,17-18,23,25H,6H2,1-3H3,(H,24,26). The van der Waals surface area contributed by atoms with E-state index in [1.165, 1.54) is 19.4 Å². The molecule has 2 N–H and O–H groups in total. The summed E-state index contributed by atoms with van der Waals surface area (Å²) in [6.45, 7) is 2.88. The Hall–Kier alpha value is -3.28. The van der Waals surface area contributed by atoms with Crippen molar-refractivity contribution in [1.29, 1.82) is 0 Å². The van der Waals surface area contributed by atoms with Gasteiger partial charge < -0.3 is 20.1 Å². The first-order chi connectivity index (χ1) is 14.0. The maximum atomic E-state index is 11.4. The number of carbonyl (C=O) groups is 2. The third-order valence-corrected chi connectivity index (χ3v) is 5.48. The highest BCUT2D eigenvalue weighted by Crippen LogP contribution is 2.51. The van der Waals surface area contributed by atoms with Crippen molar-refractivity contribution in [2.45, 2.75) is 32.2 Å². The fraction of sp³-hybridized carbons (Fsp3) is 0.304. The molecule has 6 heteroatoms. The van der Waals surface area contributed by atoms with Crippen molar-refractivity contribution in [1.82, 2.24) is 0 Å². The summed E-state index contributed by atoms with van der Waals surface area (Å²) in [6.07, 6.45) is 5.42. The second-order valence-electron chi connectivity index (χ2n) is 7.46. The molecule has 0 saturated carbocycles. The Labute approximate surface area is 169 Å². The first-order valence-corrected chi connectivity index (χ1v) is 9.67. The number of benzene rings is 2. The van der Waals surface area contributed by atoms with Crippen molar-refractivity contribution in [3.8, 4) is 11.5 Å². The number of hydrogen-bond donors (Lipinski definition) is 2. The summed E-state index contributed by atoms with van der Waals surface area (Å²) >= 11 is 0. The molecule has 0 fully saturated rings. The molecule has 0 aromatic heterocycles. The van der Waals surface area contributed by atoms with E-state index in [9.17, 15) is 9.59 Å². The van der Waals surface area contributed by atoms with Gasteiger partial charge in [0.25, 0.3) is 0 Å². The van der Waals surface area contributed by atoms with Crippen LogP contribution < -0.4 is 20.1 Å². The van der Waals surface area contributed by atoms with E-state index in [1.807, 2.05) is 24.3 Å². The predicted molar refractivity (Wildman–Crippen MR) is 111 cm³/mol. The summed E-state index contributed by atoms with van der Waals surface area (Å²) in [5.41, 5.74) is 4.13. The molecule has 150 valence electrons. The number of carbonyl (C=O) groups excluding carboxylic acids is 2. The zero-order valence-electron chi connectivity index (χ0n) is 16.7. The minimum atomic E-state index is -0.379. The third kappa shape index (κ3) is 3.70. The average molecular weight is 392 g/mol. The van der Waals surface area contributed by atoms with Crippen LogP contribution in [0, 0.1) is 5.92 Å². The van der Waals surface area contributed by atoms with Crippen LogP contribution >= 0.6 is 0 Å². The van der Waals surface area contributed by atoms with Gasteiger partial charge in [-0.05, 0) is 53.8 Å². The first-order valence-electron chi connectivity index (χ1n) is 9.67. The second kappa shape index (κ2) is 7.62. The molecule has 0 bridgehead atoms. The minimum Gasteiger partial charge on any atom is -0.493 e. The molecule has 4 rings (SSSR count). The van der Waals surface area contributed by atoms with Crippen LogP contribution in [0.15, 0.2) is 48.6 Å². The van der Waals surface area contributed by atoms with Gasteiger partial charge in [-0.2, -0.15) is 0 Å². The van der Waals surface area contributed by atoms with Crippen LogP contribution in [0.4, 0.5) is 11.4 Å². The Bertz CT molecular complexity index is 998. The Kier molecular flexibility index (Phi) is 5.01. The molecule has 0 radical (unpaired) electrons. The lowest BCUT2D eigenvalue weighted by Crippen LogP contribution is -2.29. The average Bonchev–Trinajstić information content (AvgIpc) is 3.17. The molecule has 2 aliphatic rings. The van der Waals surface area contributed by atoms with Gasteiger partial charge in [0.05, 0.1) is 13.2 Å². The van der Waals surface area contributed by atoms with Crippen molar-refractivity contribution in [2.24, 2.45) is 5.92 Å². The Morgan fingerprint density at radius 1 is 1.10 bits per heavy atom. The van der Waals surface area contributed by atoms with E-state index < -0.39 is 0 Å². The van der Waals surface area contributed by atoms with Crippen LogP contribution in [0.3, 0.4) is 0 Å². The van der Waals surface area contributed by atoms with Gasteiger partial charge in [0.2, 0.25) is 5.91 Å². The van der Waals surface area contributed by atoms with Gasteiger partial charge in [-0.3, -0.25) is 9.59 Å². The van der Waals surface area contributed by atoms with E-state index in [4.69, 9.17) is 9.47 Å². The second-order valence-corrected chi connectivity index (χ2v) is 7.46. The smallest absolute Gasteiger partial charge is 0.308 e. The molecule has 2 aromatic rings. The molecule has 0 saturated heterocycles. The molecular weight excluding hydrogens is 368 g/mol. The number of rotatable bonds is 4. The molecule has 1 heterocycles. The normalized spacial score (nSPS) is 21.6. The number of hydrogen-bond acceptors (Lipinski definition) is 5. The number of ether oxygens (including phenoxy) is 2. The number of nitrogens with one attached hydrogen (secondary N) is 2. The lowest BCUT2D eigenvalue weighted by Gasteiger charge is -2.38. The molecule has 29 heavy (non-hydrogen) atoms. The molecule has 6 nitrogen and oxygen atoms in total. The number of fused-ring (bicyclic) bond motifs is 3. The highest BCUT2D eigenvalue weighted by Gasteiger charge is 2.38. The topological polar surface area (TPSA) is 76.7 Å². The predicted octanol–water partition coefficient (Wildman–Crippen LogP) is 4.41. The third-order valence-electron chi connectivity index (χ3n) is 5.48. The van der Waals surface area contributed by atoms with Crippen molar-refractivity contribution < 1.29 is 19.1 Å². The number of methoxy groups -OCH3 is 1. The fourth-order valence-corrected chi connectivity index (χ4v) is 4.32. The van der Waals surface area contributed by atoms with E-state index >= 15 is 0 Å². The summed E-state index contributed by atoms with van der Waals surface area (Å²) in [7, 11) is 1.57. The Morgan fingerprint density at radius 3 is 2.66 bits per heavy atom. The van der Waals surface area contributed by atoms with Crippen molar-refractivity contribution in [3.05, 3.63) is 59.7 Å². The van der Waals surface area contributed by atoms with Gasteiger partial charge in [0.15, 0.2) is 11.5 Å². The lowest BCUT2D eigenvalue weighted by molar-refractivity contribution is -0.132. The van der Waals surface area contributed by atoms with Gasteiger partial charge in [-0.1, -0.05) is 18.2 Å². The summed E-state index contributed by atoms with van der Waals surface area (Å²) < 4.78 is 10.7. The zero-order chi connectivity index (χ0) is 20.5. The quantitative estimate of drug-likeness (QED) is 0.458. The van der Waals surface area contributed by atoms with Crippen LogP contribution in [0.1, 0.15) is 43.4 Å². The van der Waals surface area contributed by atoms with Gasteiger partial charge in [-0.15, -0.1) is 0 Å². The largest absolute Gasteiger partial charge is 0.493 e. The summed E-state index contributed by atoms with van der Waals surface area (Å²) in [5, 5.41) is 6.53. The van der Waals surface area contributed by atoms with E-state index in [1.54, 1.807) is 13.2 Å². The molecule has 2 aromatic carbocycles. The number of anilines is 2. The van der Waals surface area contributed by atoms with Gasteiger partial charge in [-0.25, -0.2) is 0 Å². The van der Waals surface area contributed by atoms with Crippen LogP contribution in [0.2, 0.25) is 0 Å². The van der Waals surface area contributed by atoms with E-state index in [0.29, 0.717) is 17.4 Å². The summed E-state index contributed by atoms with van der Waals surface area (Å²) in [6, 6.07) is 11.8. The maximum absolute atomic E-state index is 11.4. The SMILES string of the molecule is COc1cc(C2Nc3ccc(NC(C)=O)cc3C3C=CCC32)ccc1OC(C)=O. The van der Waals surface area contributed by atoms with E-state index in [0.717, 1.165) is 23.4 Å².